The second-order valence-electron chi connectivity index (χ2n) is 9.41. The van der Waals surface area contributed by atoms with E-state index in [1.165, 1.54) is 32.2 Å². The van der Waals surface area contributed by atoms with E-state index < -0.39 is 0 Å². The molecule has 1 heterocycles. The quantitative estimate of drug-likeness (QED) is 0.314. The summed E-state index contributed by atoms with van der Waals surface area (Å²) >= 11 is 1.96. The third-order valence-electron chi connectivity index (χ3n) is 6.39. The van der Waals surface area contributed by atoms with Crippen LogP contribution in [0.3, 0.4) is 0 Å². The van der Waals surface area contributed by atoms with Crippen LogP contribution in [0.1, 0.15) is 59.7 Å². The highest BCUT2D eigenvalue weighted by molar-refractivity contribution is 7.13. The molecule has 0 saturated carbocycles. The molecule has 2 atom stereocenters. The molecule has 0 bridgehead atoms. The standard InChI is InChI=1S/C31H34N2S/c1-22(2)17-30-27(15-16-32-20-25-11-7-5-8-12-25)28-19-29(24(4)23(3)18-31(28)34-30)33-21-26-13-9-6-10-14-26/h5-14,17,19-21,23-24H,15-16,18H2,1-4H3/t23?,24-/m0/s1. The zero-order valence-electron chi connectivity index (χ0n) is 20.7. The third-order valence-corrected chi connectivity index (χ3v) is 7.61. The summed E-state index contributed by atoms with van der Waals surface area (Å²) in [6.07, 6.45) is 10.7. The molecule has 34 heavy (non-hydrogen) atoms. The highest BCUT2D eigenvalue weighted by atomic mass is 32.1. The van der Waals surface area contributed by atoms with Crippen molar-refractivity contribution >= 4 is 35.9 Å². The average molecular weight is 467 g/mol. The van der Waals surface area contributed by atoms with Crippen LogP contribution in [0.2, 0.25) is 0 Å². The Hall–Kier alpha value is -3.04. The van der Waals surface area contributed by atoms with Crippen LogP contribution in [0.25, 0.3) is 12.2 Å². The van der Waals surface area contributed by atoms with Crippen LogP contribution in [-0.4, -0.2) is 19.0 Å². The number of thiophene rings is 1. The zero-order chi connectivity index (χ0) is 23.9. The lowest BCUT2D eigenvalue weighted by Gasteiger charge is -2.17. The minimum atomic E-state index is 0.412. The molecule has 1 aliphatic rings. The van der Waals surface area contributed by atoms with Crippen LogP contribution >= 0.6 is 11.3 Å². The Morgan fingerprint density at radius 1 is 0.941 bits per heavy atom. The molecule has 2 nitrogen and oxygen atoms in total. The summed E-state index contributed by atoms with van der Waals surface area (Å²) in [6, 6.07) is 20.7. The van der Waals surface area contributed by atoms with Crippen LogP contribution in [-0.2, 0) is 12.8 Å². The Labute approximate surface area is 208 Å². The number of nitrogens with zero attached hydrogens (tertiary/aromatic N) is 2. The summed E-state index contributed by atoms with van der Waals surface area (Å²) in [6.45, 7) is 9.81. The maximum absolute atomic E-state index is 4.99. The van der Waals surface area contributed by atoms with Gasteiger partial charge in [-0.15, -0.1) is 11.3 Å². The molecule has 174 valence electrons. The first-order valence-electron chi connectivity index (χ1n) is 12.2. The van der Waals surface area contributed by atoms with Gasteiger partial charge in [0.1, 0.15) is 0 Å². The van der Waals surface area contributed by atoms with Gasteiger partial charge in [0.05, 0.1) is 0 Å². The van der Waals surface area contributed by atoms with Gasteiger partial charge >= 0.3 is 0 Å². The number of hydrogen-bond donors (Lipinski definition) is 0. The van der Waals surface area contributed by atoms with E-state index in [4.69, 9.17) is 9.98 Å². The summed E-state index contributed by atoms with van der Waals surface area (Å²) in [4.78, 5) is 12.6. The van der Waals surface area contributed by atoms with Gasteiger partial charge in [-0.05, 0) is 67.0 Å². The number of benzene rings is 2. The number of rotatable bonds is 7. The number of hydrogen-bond acceptors (Lipinski definition) is 3. The molecule has 0 radical (unpaired) electrons. The van der Waals surface area contributed by atoms with Crippen molar-refractivity contribution in [2.45, 2.75) is 40.5 Å². The fourth-order valence-corrected chi connectivity index (χ4v) is 5.81. The summed E-state index contributed by atoms with van der Waals surface area (Å²) in [7, 11) is 0. The molecule has 1 aliphatic carbocycles. The molecular formula is C31H34N2S. The van der Waals surface area contributed by atoms with E-state index >= 15 is 0 Å². The van der Waals surface area contributed by atoms with Crippen molar-refractivity contribution in [1.82, 2.24) is 0 Å². The molecule has 0 spiro atoms. The van der Waals surface area contributed by atoms with E-state index in [1.807, 2.05) is 35.9 Å². The molecule has 4 rings (SSSR count). The van der Waals surface area contributed by atoms with Gasteiger partial charge in [-0.3, -0.25) is 9.98 Å². The lowest BCUT2D eigenvalue weighted by molar-refractivity contribution is 0.443. The molecule has 0 fully saturated rings. The largest absolute Gasteiger partial charge is 0.292 e. The Bertz CT molecular complexity index is 1210. The molecule has 0 aliphatic heterocycles. The fraction of sp³-hybridized carbons (Fsp3) is 0.290. The Morgan fingerprint density at radius 2 is 1.59 bits per heavy atom. The number of aliphatic imine (C=N–C) groups is 2. The van der Waals surface area contributed by atoms with Gasteiger partial charge in [-0.2, -0.15) is 0 Å². The molecule has 0 N–H and O–H groups in total. The van der Waals surface area contributed by atoms with Crippen molar-refractivity contribution in [3.05, 3.63) is 104 Å². The van der Waals surface area contributed by atoms with Gasteiger partial charge in [0, 0.05) is 40.3 Å². The van der Waals surface area contributed by atoms with Gasteiger partial charge in [0.2, 0.25) is 0 Å². The molecule has 1 aromatic heterocycles. The lowest BCUT2D eigenvalue weighted by Crippen LogP contribution is -2.10. The van der Waals surface area contributed by atoms with Crippen LogP contribution < -0.4 is 0 Å². The van der Waals surface area contributed by atoms with Crippen LogP contribution in [0, 0.1) is 11.8 Å². The minimum Gasteiger partial charge on any atom is -0.292 e. The predicted octanol–water partition coefficient (Wildman–Crippen LogP) is 8.12. The maximum atomic E-state index is 4.99. The third kappa shape index (κ3) is 6.09. The van der Waals surface area contributed by atoms with Gasteiger partial charge < -0.3 is 0 Å². The van der Waals surface area contributed by atoms with Crippen molar-refractivity contribution in [3.8, 4) is 0 Å². The van der Waals surface area contributed by atoms with E-state index in [9.17, 15) is 0 Å². The SMILES string of the molecule is CC(C)=Cc1sc2c(c1CCN=Cc1ccccc1)C=C(N=Cc1ccccc1)[C@@H](C)C(C)C2. The van der Waals surface area contributed by atoms with Gasteiger partial charge in [0.25, 0.3) is 0 Å². The van der Waals surface area contributed by atoms with E-state index in [2.05, 4.69) is 88.4 Å². The molecular weight excluding hydrogens is 432 g/mol. The first-order valence-corrected chi connectivity index (χ1v) is 13.0. The van der Waals surface area contributed by atoms with Crippen molar-refractivity contribution in [1.29, 1.82) is 0 Å². The summed E-state index contributed by atoms with van der Waals surface area (Å²) in [5.74, 6) is 0.956. The van der Waals surface area contributed by atoms with Crippen molar-refractivity contribution in [2.24, 2.45) is 21.8 Å². The van der Waals surface area contributed by atoms with Crippen molar-refractivity contribution in [2.75, 3.05) is 6.54 Å². The Kier molecular flexibility index (Phi) is 8.08. The van der Waals surface area contributed by atoms with Gasteiger partial charge in [-0.1, -0.05) is 80.1 Å². The summed E-state index contributed by atoms with van der Waals surface area (Å²) in [5.41, 5.74) is 7.59. The highest BCUT2D eigenvalue weighted by Crippen LogP contribution is 2.40. The molecule has 0 saturated heterocycles. The second kappa shape index (κ2) is 11.4. The van der Waals surface area contributed by atoms with E-state index in [-0.39, 0.29) is 0 Å². The van der Waals surface area contributed by atoms with Gasteiger partial charge in [0.15, 0.2) is 0 Å². The highest BCUT2D eigenvalue weighted by Gasteiger charge is 2.26. The molecule has 1 unspecified atom stereocenters. The van der Waals surface area contributed by atoms with Crippen LogP contribution in [0.4, 0.5) is 0 Å². The van der Waals surface area contributed by atoms with E-state index in [1.54, 1.807) is 0 Å². The first-order chi connectivity index (χ1) is 16.5. The molecule has 3 heteroatoms. The minimum absolute atomic E-state index is 0.412. The Balaban J connectivity index is 1.67. The maximum Gasteiger partial charge on any atom is 0.0441 e. The monoisotopic (exact) mass is 466 g/mol. The number of fused-ring (bicyclic) bond motifs is 1. The smallest absolute Gasteiger partial charge is 0.0441 e. The molecule has 0 amide bonds. The zero-order valence-corrected chi connectivity index (χ0v) is 21.5. The fourth-order valence-electron chi connectivity index (χ4n) is 4.27. The van der Waals surface area contributed by atoms with Crippen molar-refractivity contribution < 1.29 is 0 Å². The van der Waals surface area contributed by atoms with E-state index in [0.717, 1.165) is 30.5 Å². The predicted molar refractivity (Wildman–Crippen MR) is 150 cm³/mol. The Morgan fingerprint density at radius 3 is 2.24 bits per heavy atom. The summed E-state index contributed by atoms with van der Waals surface area (Å²) in [5, 5.41) is 0. The summed E-state index contributed by atoms with van der Waals surface area (Å²) < 4.78 is 0. The van der Waals surface area contributed by atoms with Crippen molar-refractivity contribution in [3.63, 3.8) is 0 Å². The second-order valence-corrected chi connectivity index (χ2v) is 10.5. The lowest BCUT2D eigenvalue weighted by atomic mass is 9.91. The van der Waals surface area contributed by atoms with Crippen LogP contribution in [0.15, 0.2) is 81.9 Å². The first kappa shape index (κ1) is 24.1. The topological polar surface area (TPSA) is 24.7 Å². The average Bonchev–Trinajstić information content (AvgIpc) is 3.08. The normalized spacial score (nSPS) is 18.1. The van der Waals surface area contributed by atoms with Gasteiger partial charge in [-0.25, -0.2) is 0 Å². The van der Waals surface area contributed by atoms with E-state index in [0.29, 0.717) is 11.8 Å². The van der Waals surface area contributed by atoms with Crippen LogP contribution in [0.5, 0.6) is 0 Å². The molecule has 3 aromatic rings. The number of allylic oxidation sites excluding steroid dienone is 2. The molecule has 2 aromatic carbocycles.